The summed E-state index contributed by atoms with van der Waals surface area (Å²) in [6.07, 6.45) is 3.77. The Morgan fingerprint density at radius 1 is 1.44 bits per heavy atom. The summed E-state index contributed by atoms with van der Waals surface area (Å²) in [5, 5.41) is 8.92. The molecule has 0 aromatic heterocycles. The Morgan fingerprint density at radius 2 is 2.06 bits per heavy atom. The maximum Gasteiger partial charge on any atom is 0.330 e. The van der Waals surface area contributed by atoms with Gasteiger partial charge in [0.1, 0.15) is 0 Å². The maximum absolute atomic E-state index is 11.2. The molecule has 0 spiro atoms. The quantitative estimate of drug-likeness (QED) is 0.574. The molecule has 0 saturated heterocycles. The second-order valence-corrected chi connectivity index (χ2v) is 4.69. The van der Waals surface area contributed by atoms with Crippen LogP contribution >= 0.6 is 0 Å². The molecule has 0 aromatic carbocycles. The molecule has 0 heterocycles. The zero-order valence-corrected chi connectivity index (χ0v) is 9.90. The van der Waals surface area contributed by atoms with E-state index in [1.165, 1.54) is 6.08 Å². The van der Waals surface area contributed by atoms with Gasteiger partial charge in [-0.05, 0) is 17.8 Å². The Hall–Kier alpha value is -1.32. The molecule has 0 radical (unpaired) electrons. The molecule has 0 aliphatic heterocycles. The number of carbonyl (C=O) groups is 2. The molecule has 2 unspecified atom stereocenters. The van der Waals surface area contributed by atoms with E-state index < -0.39 is 11.9 Å². The third-order valence-electron chi connectivity index (χ3n) is 3.06. The summed E-state index contributed by atoms with van der Waals surface area (Å²) >= 11 is 0. The van der Waals surface area contributed by atoms with Crippen LogP contribution < -0.4 is 0 Å². The zero-order valence-electron chi connectivity index (χ0n) is 9.90. The lowest BCUT2D eigenvalue weighted by atomic mass is 10.1. The van der Waals surface area contributed by atoms with Crippen LogP contribution in [0.2, 0.25) is 0 Å². The Bertz CT molecular complexity index is 317. The summed E-state index contributed by atoms with van der Waals surface area (Å²) in [5.74, 6) is -1.66. The summed E-state index contributed by atoms with van der Waals surface area (Å²) in [7, 11) is 0. The number of hydrogen-bond donors (Lipinski definition) is 1. The number of allylic oxidation sites excluding steroid dienone is 1. The van der Waals surface area contributed by atoms with Crippen molar-refractivity contribution in [1.29, 1.82) is 0 Å². The largest absolute Gasteiger partial charge is 0.481 e. The second-order valence-electron chi connectivity index (χ2n) is 4.69. The van der Waals surface area contributed by atoms with E-state index in [4.69, 9.17) is 9.84 Å². The minimum absolute atomic E-state index is 0.0702. The van der Waals surface area contributed by atoms with Gasteiger partial charge in [0.15, 0.2) is 0 Å². The number of esters is 1. The molecule has 0 amide bonds. The van der Waals surface area contributed by atoms with Crippen molar-refractivity contribution >= 4 is 11.9 Å². The van der Waals surface area contributed by atoms with Crippen LogP contribution in [0.25, 0.3) is 0 Å². The Balaban J connectivity index is 2.47. The number of hydrogen-bond acceptors (Lipinski definition) is 3. The summed E-state index contributed by atoms with van der Waals surface area (Å²) < 4.78 is 4.86. The van der Waals surface area contributed by atoms with Gasteiger partial charge < -0.3 is 9.84 Å². The van der Waals surface area contributed by atoms with E-state index >= 15 is 0 Å². The standard InChI is InChI=1S/C12H18O4/c1-4-7-16-9(13)6-5-8-10(11(14)15)12(8,2)3/h5-6,8,10H,4,7H2,1-3H3,(H,14,15)/b6-5-. The molecule has 1 fully saturated rings. The normalized spacial score (nSPS) is 26.7. The van der Waals surface area contributed by atoms with Crippen molar-refractivity contribution in [3.63, 3.8) is 0 Å². The molecule has 0 aromatic rings. The van der Waals surface area contributed by atoms with E-state index in [0.717, 1.165) is 6.42 Å². The molecular weight excluding hydrogens is 208 g/mol. The van der Waals surface area contributed by atoms with Gasteiger partial charge in [0.05, 0.1) is 12.5 Å². The Kier molecular flexibility index (Phi) is 3.73. The van der Waals surface area contributed by atoms with Gasteiger partial charge in [-0.25, -0.2) is 4.79 Å². The molecule has 4 heteroatoms. The predicted molar refractivity (Wildman–Crippen MR) is 58.8 cm³/mol. The fourth-order valence-corrected chi connectivity index (χ4v) is 1.94. The van der Waals surface area contributed by atoms with E-state index in [-0.39, 0.29) is 17.3 Å². The molecule has 2 atom stereocenters. The summed E-state index contributed by atoms with van der Waals surface area (Å²) in [5.41, 5.74) is -0.257. The molecular formula is C12H18O4. The molecule has 1 saturated carbocycles. The van der Waals surface area contributed by atoms with Crippen LogP contribution in [0.4, 0.5) is 0 Å². The summed E-state index contributed by atoms with van der Waals surface area (Å²) in [4.78, 5) is 22.0. The minimum Gasteiger partial charge on any atom is -0.481 e. The highest BCUT2D eigenvalue weighted by molar-refractivity contribution is 5.83. The zero-order chi connectivity index (χ0) is 12.3. The predicted octanol–water partition coefficient (Wildman–Crippen LogP) is 1.85. The van der Waals surface area contributed by atoms with Gasteiger partial charge in [-0.1, -0.05) is 26.8 Å². The topological polar surface area (TPSA) is 63.6 Å². The van der Waals surface area contributed by atoms with Gasteiger partial charge in [-0.15, -0.1) is 0 Å². The Labute approximate surface area is 95.3 Å². The molecule has 1 N–H and O–H groups in total. The number of ether oxygens (including phenoxy) is 1. The van der Waals surface area contributed by atoms with E-state index in [2.05, 4.69) is 0 Å². The number of carboxylic acid groups (broad SMARTS) is 1. The highest BCUT2D eigenvalue weighted by Crippen LogP contribution is 2.58. The van der Waals surface area contributed by atoms with Crippen molar-refractivity contribution in [3.8, 4) is 0 Å². The van der Waals surface area contributed by atoms with Gasteiger partial charge in [0.25, 0.3) is 0 Å². The minimum atomic E-state index is -0.804. The first-order valence-electron chi connectivity index (χ1n) is 5.49. The van der Waals surface area contributed by atoms with Crippen LogP contribution in [0.3, 0.4) is 0 Å². The van der Waals surface area contributed by atoms with Crippen LogP contribution in [0.15, 0.2) is 12.2 Å². The van der Waals surface area contributed by atoms with Crippen LogP contribution in [0.1, 0.15) is 27.2 Å². The summed E-state index contributed by atoms with van der Waals surface area (Å²) in [6, 6.07) is 0. The number of carboxylic acids is 1. The van der Waals surface area contributed by atoms with E-state index in [9.17, 15) is 9.59 Å². The highest BCUT2D eigenvalue weighted by atomic mass is 16.5. The first-order valence-corrected chi connectivity index (χ1v) is 5.49. The second kappa shape index (κ2) is 4.68. The first kappa shape index (κ1) is 12.7. The van der Waals surface area contributed by atoms with Crippen molar-refractivity contribution in [3.05, 3.63) is 12.2 Å². The lowest BCUT2D eigenvalue weighted by Crippen LogP contribution is -2.03. The van der Waals surface area contributed by atoms with Crippen molar-refractivity contribution in [2.24, 2.45) is 17.3 Å². The van der Waals surface area contributed by atoms with Crippen LogP contribution in [0, 0.1) is 17.3 Å². The van der Waals surface area contributed by atoms with Crippen molar-refractivity contribution in [2.75, 3.05) is 6.61 Å². The molecule has 90 valence electrons. The number of carbonyl (C=O) groups excluding carboxylic acids is 1. The number of rotatable bonds is 5. The van der Waals surface area contributed by atoms with Gasteiger partial charge in [0, 0.05) is 6.08 Å². The van der Waals surface area contributed by atoms with Gasteiger partial charge in [-0.3, -0.25) is 4.79 Å². The first-order chi connectivity index (χ1) is 7.41. The average Bonchev–Trinajstić information content (AvgIpc) is 2.74. The van der Waals surface area contributed by atoms with Crippen molar-refractivity contribution in [2.45, 2.75) is 27.2 Å². The molecule has 16 heavy (non-hydrogen) atoms. The third-order valence-corrected chi connectivity index (χ3v) is 3.06. The average molecular weight is 226 g/mol. The lowest BCUT2D eigenvalue weighted by molar-refractivity contribution is -0.140. The molecule has 0 bridgehead atoms. The molecule has 1 aliphatic carbocycles. The molecule has 1 rings (SSSR count). The van der Waals surface area contributed by atoms with Crippen LogP contribution in [0.5, 0.6) is 0 Å². The SMILES string of the molecule is CCCOC(=O)/C=C\C1C(C(=O)O)C1(C)C. The smallest absolute Gasteiger partial charge is 0.330 e. The Morgan fingerprint density at radius 3 is 2.50 bits per heavy atom. The fourth-order valence-electron chi connectivity index (χ4n) is 1.94. The lowest BCUT2D eigenvalue weighted by Gasteiger charge is -1.98. The van der Waals surface area contributed by atoms with Crippen molar-refractivity contribution in [1.82, 2.24) is 0 Å². The summed E-state index contributed by atoms with van der Waals surface area (Å²) in [6.45, 7) is 6.09. The highest BCUT2D eigenvalue weighted by Gasteiger charge is 2.60. The van der Waals surface area contributed by atoms with E-state index in [1.54, 1.807) is 6.08 Å². The van der Waals surface area contributed by atoms with Gasteiger partial charge >= 0.3 is 11.9 Å². The van der Waals surface area contributed by atoms with Crippen LogP contribution in [-0.2, 0) is 14.3 Å². The molecule has 4 nitrogen and oxygen atoms in total. The molecule has 1 aliphatic rings. The van der Waals surface area contributed by atoms with Crippen molar-refractivity contribution < 1.29 is 19.4 Å². The fraction of sp³-hybridized carbons (Fsp3) is 0.667. The maximum atomic E-state index is 11.2. The monoisotopic (exact) mass is 226 g/mol. The van der Waals surface area contributed by atoms with Gasteiger partial charge in [0.2, 0.25) is 0 Å². The van der Waals surface area contributed by atoms with E-state index in [1.807, 2.05) is 20.8 Å². The van der Waals surface area contributed by atoms with Crippen LogP contribution in [-0.4, -0.2) is 23.7 Å². The third kappa shape index (κ3) is 2.62. The van der Waals surface area contributed by atoms with E-state index in [0.29, 0.717) is 6.61 Å². The van der Waals surface area contributed by atoms with Gasteiger partial charge in [-0.2, -0.15) is 0 Å². The number of aliphatic carboxylic acids is 1.